The molecule has 1 aromatic heterocycles. The second-order valence-corrected chi connectivity index (χ2v) is 7.35. The van der Waals surface area contributed by atoms with Gasteiger partial charge < -0.3 is 14.7 Å². The molecule has 0 aromatic carbocycles. The Morgan fingerprint density at radius 1 is 1.27 bits per heavy atom. The summed E-state index contributed by atoms with van der Waals surface area (Å²) in [6.45, 7) is 2.28. The molecule has 142 valence electrons. The van der Waals surface area contributed by atoms with Gasteiger partial charge in [-0.3, -0.25) is 9.69 Å². The van der Waals surface area contributed by atoms with E-state index in [2.05, 4.69) is 9.97 Å². The SMILES string of the molecule is CN1CC(Oc2nc(N3C[C@@H]4C(CC(=O)O)[C@@H]4C3)cc(C(F)(F)F)n2)C1. The molecule has 1 unspecified atom stereocenters. The maximum atomic E-state index is 13.2. The normalized spacial score (nSPS) is 28.6. The minimum absolute atomic E-state index is 0.115. The van der Waals surface area contributed by atoms with Gasteiger partial charge in [-0.15, -0.1) is 0 Å². The van der Waals surface area contributed by atoms with Crippen LogP contribution in [0.2, 0.25) is 0 Å². The molecule has 3 heterocycles. The molecular weight excluding hydrogens is 353 g/mol. The Balaban J connectivity index is 1.50. The van der Waals surface area contributed by atoms with Gasteiger partial charge in [-0.1, -0.05) is 0 Å². The quantitative estimate of drug-likeness (QED) is 0.836. The van der Waals surface area contributed by atoms with Crippen molar-refractivity contribution in [3.8, 4) is 6.01 Å². The van der Waals surface area contributed by atoms with Crippen LogP contribution in [0.15, 0.2) is 6.07 Å². The van der Waals surface area contributed by atoms with Gasteiger partial charge in [0, 0.05) is 38.7 Å². The molecule has 1 aromatic rings. The number of halogens is 3. The summed E-state index contributed by atoms with van der Waals surface area (Å²) >= 11 is 0. The Labute approximate surface area is 147 Å². The van der Waals surface area contributed by atoms with Crippen molar-refractivity contribution in [2.45, 2.75) is 18.7 Å². The van der Waals surface area contributed by atoms with Crippen LogP contribution in [0, 0.1) is 17.8 Å². The van der Waals surface area contributed by atoms with Gasteiger partial charge in [0.1, 0.15) is 11.9 Å². The van der Waals surface area contributed by atoms with E-state index in [1.54, 1.807) is 4.90 Å². The Morgan fingerprint density at radius 2 is 1.92 bits per heavy atom. The smallest absolute Gasteiger partial charge is 0.433 e. The van der Waals surface area contributed by atoms with Gasteiger partial charge in [0.15, 0.2) is 5.69 Å². The van der Waals surface area contributed by atoms with Crippen LogP contribution in [0.3, 0.4) is 0 Å². The minimum atomic E-state index is -4.58. The number of alkyl halides is 3. The first-order valence-electron chi connectivity index (χ1n) is 8.49. The lowest BCUT2D eigenvalue weighted by atomic mass is 10.2. The molecule has 3 aliphatic rings. The number of hydrogen-bond acceptors (Lipinski definition) is 6. The third-order valence-corrected chi connectivity index (χ3v) is 5.39. The van der Waals surface area contributed by atoms with E-state index in [0.29, 0.717) is 26.2 Å². The van der Waals surface area contributed by atoms with Gasteiger partial charge in [0.2, 0.25) is 0 Å². The summed E-state index contributed by atoms with van der Waals surface area (Å²) < 4.78 is 45.1. The second kappa shape index (κ2) is 5.97. The molecule has 0 radical (unpaired) electrons. The molecule has 1 aliphatic carbocycles. The fourth-order valence-electron chi connectivity index (χ4n) is 3.98. The Bertz CT molecular complexity index is 711. The fourth-order valence-corrected chi connectivity index (χ4v) is 3.98. The number of nitrogens with zero attached hydrogens (tertiary/aromatic N) is 4. The molecule has 3 fully saturated rings. The first-order chi connectivity index (χ1) is 12.2. The standard InChI is InChI=1S/C16H19F3N4O3/c1-22-4-8(5-22)26-15-20-12(16(17,18)19)3-13(21-15)23-6-10-9(2-14(24)25)11(10)7-23/h3,8-11H,2,4-7H2,1H3,(H,24,25)/t9?,10-,11+. The van der Waals surface area contributed by atoms with Crippen molar-refractivity contribution in [2.24, 2.45) is 17.8 Å². The van der Waals surface area contributed by atoms with E-state index in [9.17, 15) is 18.0 Å². The van der Waals surface area contributed by atoms with E-state index in [1.165, 1.54) is 0 Å². The van der Waals surface area contributed by atoms with Crippen molar-refractivity contribution >= 4 is 11.8 Å². The molecule has 3 atom stereocenters. The number of aliphatic carboxylic acids is 1. The topological polar surface area (TPSA) is 78.8 Å². The molecule has 0 amide bonds. The van der Waals surface area contributed by atoms with Gasteiger partial charge in [-0.05, 0) is 24.8 Å². The van der Waals surface area contributed by atoms with Gasteiger partial charge in [0.05, 0.1) is 0 Å². The number of carboxylic acids is 1. The highest BCUT2D eigenvalue weighted by atomic mass is 19.4. The van der Waals surface area contributed by atoms with Crippen LogP contribution in [0.1, 0.15) is 12.1 Å². The number of fused-ring (bicyclic) bond motifs is 1. The summed E-state index contributed by atoms with van der Waals surface area (Å²) in [5, 5.41) is 8.88. The summed E-state index contributed by atoms with van der Waals surface area (Å²) in [5.74, 6) is -0.108. The van der Waals surface area contributed by atoms with Crippen LogP contribution >= 0.6 is 0 Å². The molecule has 2 aliphatic heterocycles. The van der Waals surface area contributed by atoms with Crippen LogP contribution in [0.25, 0.3) is 0 Å². The van der Waals surface area contributed by atoms with Gasteiger partial charge >= 0.3 is 18.2 Å². The number of likely N-dealkylation sites (N-methyl/N-ethyl adjacent to an activating group) is 1. The van der Waals surface area contributed by atoms with E-state index in [0.717, 1.165) is 6.07 Å². The number of aromatic nitrogens is 2. The van der Waals surface area contributed by atoms with Crippen molar-refractivity contribution in [1.29, 1.82) is 0 Å². The van der Waals surface area contributed by atoms with Crippen molar-refractivity contribution in [3.63, 3.8) is 0 Å². The number of piperidine rings is 1. The molecule has 4 rings (SSSR count). The molecule has 0 spiro atoms. The van der Waals surface area contributed by atoms with Crippen LogP contribution in [-0.2, 0) is 11.0 Å². The molecule has 10 heteroatoms. The zero-order valence-corrected chi connectivity index (χ0v) is 14.1. The van der Waals surface area contributed by atoms with Crippen LogP contribution in [0.4, 0.5) is 19.0 Å². The lowest BCUT2D eigenvalue weighted by molar-refractivity contribution is -0.141. The summed E-state index contributed by atoms with van der Waals surface area (Å²) in [4.78, 5) is 22.3. The van der Waals surface area contributed by atoms with E-state index in [-0.39, 0.29) is 42.1 Å². The Kier molecular flexibility index (Phi) is 3.98. The zero-order valence-electron chi connectivity index (χ0n) is 14.1. The number of carbonyl (C=O) groups is 1. The fraction of sp³-hybridized carbons (Fsp3) is 0.688. The van der Waals surface area contributed by atoms with E-state index in [4.69, 9.17) is 9.84 Å². The number of hydrogen-bond donors (Lipinski definition) is 1. The van der Waals surface area contributed by atoms with Crippen molar-refractivity contribution in [1.82, 2.24) is 14.9 Å². The van der Waals surface area contributed by atoms with Crippen molar-refractivity contribution < 1.29 is 27.8 Å². The Hall–Kier alpha value is -2.10. The molecule has 2 saturated heterocycles. The monoisotopic (exact) mass is 372 g/mol. The molecule has 1 N–H and O–H groups in total. The maximum Gasteiger partial charge on any atom is 0.433 e. The number of rotatable bonds is 5. The summed E-state index contributed by atoms with van der Waals surface area (Å²) in [6.07, 6.45) is -4.67. The highest BCUT2D eigenvalue weighted by molar-refractivity contribution is 5.68. The minimum Gasteiger partial charge on any atom is -0.481 e. The Morgan fingerprint density at radius 3 is 2.46 bits per heavy atom. The zero-order chi connectivity index (χ0) is 18.6. The lowest BCUT2D eigenvalue weighted by Gasteiger charge is -2.35. The molecular formula is C16H19F3N4O3. The number of anilines is 1. The highest BCUT2D eigenvalue weighted by Gasteiger charge is 2.56. The number of carboxylic acid groups (broad SMARTS) is 1. The maximum absolute atomic E-state index is 13.2. The third kappa shape index (κ3) is 3.29. The van der Waals surface area contributed by atoms with E-state index in [1.807, 2.05) is 11.9 Å². The third-order valence-electron chi connectivity index (χ3n) is 5.39. The number of ether oxygens (including phenoxy) is 1. The summed E-state index contributed by atoms with van der Waals surface area (Å²) in [5.41, 5.74) is -1.02. The predicted molar refractivity (Wildman–Crippen MR) is 83.9 cm³/mol. The summed E-state index contributed by atoms with van der Waals surface area (Å²) in [6, 6.07) is 0.687. The highest BCUT2D eigenvalue weighted by Crippen LogP contribution is 2.54. The average molecular weight is 372 g/mol. The molecule has 26 heavy (non-hydrogen) atoms. The lowest BCUT2D eigenvalue weighted by Crippen LogP contribution is -2.51. The molecule has 0 bridgehead atoms. The van der Waals surface area contributed by atoms with Crippen molar-refractivity contribution in [2.75, 3.05) is 38.1 Å². The first-order valence-corrected chi connectivity index (χ1v) is 8.49. The van der Waals surface area contributed by atoms with Crippen molar-refractivity contribution in [3.05, 3.63) is 11.8 Å². The predicted octanol–water partition coefficient (Wildman–Crippen LogP) is 1.35. The molecule has 1 saturated carbocycles. The van der Waals surface area contributed by atoms with Gasteiger partial charge in [0.25, 0.3) is 0 Å². The van der Waals surface area contributed by atoms with Gasteiger partial charge in [-0.2, -0.15) is 23.1 Å². The first kappa shape index (κ1) is 17.3. The van der Waals surface area contributed by atoms with Crippen LogP contribution < -0.4 is 9.64 Å². The summed E-state index contributed by atoms with van der Waals surface area (Å²) in [7, 11) is 1.89. The van der Waals surface area contributed by atoms with E-state index >= 15 is 0 Å². The number of likely N-dealkylation sites (tertiary alicyclic amines) is 1. The van der Waals surface area contributed by atoms with E-state index < -0.39 is 17.8 Å². The average Bonchev–Trinajstić information content (AvgIpc) is 2.95. The largest absolute Gasteiger partial charge is 0.481 e. The second-order valence-electron chi connectivity index (χ2n) is 7.35. The van der Waals surface area contributed by atoms with Crippen LogP contribution in [-0.4, -0.2) is 65.3 Å². The van der Waals surface area contributed by atoms with Gasteiger partial charge in [-0.25, -0.2) is 0 Å². The van der Waals surface area contributed by atoms with Crippen LogP contribution in [0.5, 0.6) is 6.01 Å². The molecule has 7 nitrogen and oxygen atoms in total.